The van der Waals surface area contributed by atoms with Crippen LogP contribution < -0.4 is 5.32 Å². The molecule has 4 nitrogen and oxygen atoms in total. The second-order valence-electron chi connectivity index (χ2n) is 9.34. The number of carbonyl (C=O) groups is 2. The van der Waals surface area contributed by atoms with Gasteiger partial charge in [-0.2, -0.15) is 0 Å². The van der Waals surface area contributed by atoms with E-state index >= 15 is 0 Å². The zero-order valence-corrected chi connectivity index (χ0v) is 19.0. The Hall–Kier alpha value is -2.14. The molecule has 2 aliphatic rings. The first-order chi connectivity index (χ1) is 14.5. The molecule has 0 unspecified atom stereocenters. The largest absolute Gasteiger partial charge is 0.353 e. The zero-order valence-electron chi connectivity index (χ0n) is 18.1. The van der Waals surface area contributed by atoms with Crippen molar-refractivity contribution in [2.24, 2.45) is 11.8 Å². The van der Waals surface area contributed by atoms with Gasteiger partial charge in [0.2, 0.25) is 5.91 Å². The number of fused-ring (bicyclic) bond motifs is 1. The van der Waals surface area contributed by atoms with Crippen LogP contribution in [0.4, 0.5) is 0 Å². The van der Waals surface area contributed by atoms with E-state index in [9.17, 15) is 9.59 Å². The number of nitrogens with one attached hydrogen (secondary N) is 1. The molecule has 1 aromatic heterocycles. The molecule has 1 fully saturated rings. The van der Waals surface area contributed by atoms with Gasteiger partial charge in [-0.15, -0.1) is 11.3 Å². The van der Waals surface area contributed by atoms with Gasteiger partial charge in [-0.1, -0.05) is 45.0 Å². The van der Waals surface area contributed by atoms with Crippen LogP contribution in [-0.2, 0) is 4.79 Å². The van der Waals surface area contributed by atoms with Gasteiger partial charge in [-0.25, -0.2) is 0 Å². The van der Waals surface area contributed by atoms with Crippen LogP contribution in [0, 0.1) is 11.8 Å². The van der Waals surface area contributed by atoms with Crippen molar-refractivity contribution in [1.29, 1.82) is 0 Å². The lowest BCUT2D eigenvalue weighted by atomic mass is 9.80. The van der Waals surface area contributed by atoms with E-state index in [1.54, 1.807) is 11.3 Å². The molecule has 2 aromatic rings. The third-order valence-corrected chi connectivity index (χ3v) is 7.42. The van der Waals surface area contributed by atoms with E-state index in [0.29, 0.717) is 18.0 Å². The lowest BCUT2D eigenvalue weighted by molar-refractivity contribution is -0.125. The third-order valence-electron chi connectivity index (χ3n) is 6.48. The summed E-state index contributed by atoms with van der Waals surface area (Å²) in [5, 5.41) is 5.39. The molecular weight excluding hydrogens is 392 g/mol. The Bertz CT molecular complexity index is 884. The fourth-order valence-corrected chi connectivity index (χ4v) is 5.82. The Labute approximate surface area is 183 Å². The molecular formula is C25H32N2O2S. The monoisotopic (exact) mass is 424 g/mol. The average Bonchev–Trinajstić information content (AvgIpc) is 3.25. The van der Waals surface area contributed by atoms with Gasteiger partial charge in [0.25, 0.3) is 5.91 Å². The highest BCUT2D eigenvalue weighted by Crippen LogP contribution is 2.44. The van der Waals surface area contributed by atoms with Gasteiger partial charge >= 0.3 is 0 Å². The van der Waals surface area contributed by atoms with E-state index in [-0.39, 0.29) is 29.8 Å². The second kappa shape index (κ2) is 8.93. The van der Waals surface area contributed by atoms with Gasteiger partial charge in [-0.3, -0.25) is 9.59 Å². The van der Waals surface area contributed by atoms with Crippen LogP contribution in [0.15, 0.2) is 41.8 Å². The maximum Gasteiger partial charge on any atom is 0.254 e. The number of thiophene rings is 1. The highest BCUT2D eigenvalue weighted by molar-refractivity contribution is 7.10. The van der Waals surface area contributed by atoms with Crippen molar-refractivity contribution in [2.45, 2.75) is 64.5 Å². The average molecular weight is 425 g/mol. The molecule has 0 spiro atoms. The minimum absolute atomic E-state index is 0.0354. The van der Waals surface area contributed by atoms with E-state index in [1.807, 2.05) is 40.6 Å². The molecule has 5 heteroatoms. The van der Waals surface area contributed by atoms with Gasteiger partial charge in [0.05, 0.1) is 12.0 Å². The van der Waals surface area contributed by atoms with E-state index in [1.165, 1.54) is 12.8 Å². The number of nitrogens with zero attached hydrogens (tertiary/aromatic N) is 1. The third kappa shape index (κ3) is 4.18. The molecule has 1 aromatic carbocycles. The lowest BCUT2D eigenvalue weighted by Gasteiger charge is -2.42. The highest BCUT2D eigenvalue weighted by Gasteiger charge is 2.45. The predicted octanol–water partition coefficient (Wildman–Crippen LogP) is 5.38. The van der Waals surface area contributed by atoms with Crippen molar-refractivity contribution in [3.63, 3.8) is 0 Å². The number of rotatable bonds is 5. The summed E-state index contributed by atoms with van der Waals surface area (Å²) in [5.41, 5.74) is 1.53. The molecule has 4 rings (SSSR count). The van der Waals surface area contributed by atoms with Crippen LogP contribution >= 0.6 is 11.3 Å². The van der Waals surface area contributed by atoms with E-state index < -0.39 is 0 Å². The molecule has 30 heavy (non-hydrogen) atoms. The Morgan fingerprint density at radius 1 is 1.13 bits per heavy atom. The first-order valence-electron chi connectivity index (χ1n) is 11.2. The van der Waals surface area contributed by atoms with Crippen LogP contribution in [0.3, 0.4) is 0 Å². The molecule has 0 radical (unpaired) electrons. The SMILES string of the molecule is CC(C)CN1C(=O)c2ccccc2[C@@H](C(=O)NC2CCC(C)CC2)[C@@H]1c1cccs1. The summed E-state index contributed by atoms with van der Waals surface area (Å²) >= 11 is 1.63. The van der Waals surface area contributed by atoms with E-state index in [0.717, 1.165) is 29.2 Å². The van der Waals surface area contributed by atoms with Crippen molar-refractivity contribution >= 4 is 23.2 Å². The van der Waals surface area contributed by atoms with E-state index in [2.05, 4.69) is 32.2 Å². The molecule has 0 bridgehead atoms. The van der Waals surface area contributed by atoms with Crippen molar-refractivity contribution in [3.05, 3.63) is 57.8 Å². The topological polar surface area (TPSA) is 49.4 Å². The van der Waals surface area contributed by atoms with Gasteiger partial charge in [0.15, 0.2) is 0 Å². The molecule has 2 amide bonds. The summed E-state index contributed by atoms with van der Waals surface area (Å²) in [6.45, 7) is 7.17. The molecule has 160 valence electrons. The molecule has 1 N–H and O–H groups in total. The van der Waals surface area contributed by atoms with E-state index in [4.69, 9.17) is 0 Å². The summed E-state index contributed by atoms with van der Waals surface area (Å²) in [6, 6.07) is 11.7. The maximum absolute atomic E-state index is 13.7. The lowest BCUT2D eigenvalue weighted by Crippen LogP contribution is -2.50. The van der Waals surface area contributed by atoms with Gasteiger partial charge < -0.3 is 10.2 Å². The fraction of sp³-hybridized carbons (Fsp3) is 0.520. The molecule has 1 saturated carbocycles. The number of carbonyl (C=O) groups excluding carboxylic acids is 2. The first-order valence-corrected chi connectivity index (χ1v) is 12.1. The predicted molar refractivity (Wildman–Crippen MR) is 122 cm³/mol. The number of hydrogen-bond acceptors (Lipinski definition) is 3. The molecule has 2 atom stereocenters. The van der Waals surface area contributed by atoms with Crippen molar-refractivity contribution < 1.29 is 9.59 Å². The molecule has 0 saturated heterocycles. The second-order valence-corrected chi connectivity index (χ2v) is 10.3. The van der Waals surface area contributed by atoms with Crippen molar-refractivity contribution in [3.8, 4) is 0 Å². The van der Waals surface area contributed by atoms with Crippen LogP contribution in [0.5, 0.6) is 0 Å². The quantitative estimate of drug-likeness (QED) is 0.700. The maximum atomic E-state index is 13.7. The molecule has 2 heterocycles. The summed E-state index contributed by atoms with van der Waals surface area (Å²) < 4.78 is 0. The zero-order chi connectivity index (χ0) is 21.3. The first kappa shape index (κ1) is 21.1. The van der Waals surface area contributed by atoms with Crippen molar-refractivity contribution in [1.82, 2.24) is 10.2 Å². The molecule has 1 aliphatic heterocycles. The van der Waals surface area contributed by atoms with Crippen LogP contribution in [-0.4, -0.2) is 29.3 Å². The van der Waals surface area contributed by atoms with Crippen LogP contribution in [0.2, 0.25) is 0 Å². The Morgan fingerprint density at radius 3 is 2.53 bits per heavy atom. The minimum atomic E-state index is -0.379. The number of benzene rings is 1. The summed E-state index contributed by atoms with van der Waals surface area (Å²) in [6.07, 6.45) is 4.41. The smallest absolute Gasteiger partial charge is 0.254 e. The minimum Gasteiger partial charge on any atom is -0.353 e. The van der Waals surface area contributed by atoms with Gasteiger partial charge in [-0.05, 0) is 60.6 Å². The highest BCUT2D eigenvalue weighted by atomic mass is 32.1. The summed E-state index contributed by atoms with van der Waals surface area (Å²) in [7, 11) is 0. The summed E-state index contributed by atoms with van der Waals surface area (Å²) in [5.74, 6) is 0.780. The standard InChI is InChI=1S/C25H32N2O2S/c1-16(2)15-27-23(21-9-6-14-30-21)22(19-7-4-5-8-20(19)25(27)29)24(28)26-18-12-10-17(3)11-13-18/h4-9,14,16-18,22-23H,10-13,15H2,1-3H3,(H,26,28)/t17?,18?,22-,23+/m1/s1. The Kier molecular flexibility index (Phi) is 6.28. The van der Waals surface area contributed by atoms with Crippen LogP contribution in [0.25, 0.3) is 0 Å². The normalized spacial score (nSPS) is 26.5. The van der Waals surface area contributed by atoms with Gasteiger partial charge in [0, 0.05) is 23.0 Å². The fourth-order valence-electron chi connectivity index (χ4n) is 4.94. The van der Waals surface area contributed by atoms with Crippen LogP contribution in [0.1, 0.15) is 79.2 Å². The van der Waals surface area contributed by atoms with Crippen molar-refractivity contribution in [2.75, 3.05) is 6.54 Å². The Morgan fingerprint density at radius 2 is 1.87 bits per heavy atom. The molecule has 1 aliphatic carbocycles. The van der Waals surface area contributed by atoms with Gasteiger partial charge in [0.1, 0.15) is 0 Å². The number of amides is 2. The Balaban J connectivity index is 1.73. The summed E-state index contributed by atoms with van der Waals surface area (Å²) in [4.78, 5) is 30.2. The number of hydrogen-bond donors (Lipinski definition) is 1.